The zero-order valence-corrected chi connectivity index (χ0v) is 17.5. The molecule has 0 heterocycles. The summed E-state index contributed by atoms with van der Waals surface area (Å²) in [6.07, 6.45) is 3.97. The number of hydrogen-bond donors (Lipinski definition) is 1. The lowest BCUT2D eigenvalue weighted by molar-refractivity contribution is -0.155. The van der Waals surface area contributed by atoms with Crippen LogP contribution in [0.5, 0.6) is 5.75 Å². The van der Waals surface area contributed by atoms with Gasteiger partial charge in [-0.25, -0.2) is 4.79 Å². The van der Waals surface area contributed by atoms with Crippen LogP contribution in [0.3, 0.4) is 0 Å². The van der Waals surface area contributed by atoms with Crippen LogP contribution in [0.1, 0.15) is 45.4 Å². The van der Waals surface area contributed by atoms with Gasteiger partial charge in [0.1, 0.15) is 16.2 Å². The molecule has 0 aliphatic heterocycles. The summed E-state index contributed by atoms with van der Waals surface area (Å²) < 4.78 is 43.6. The Morgan fingerprint density at radius 3 is 2.33 bits per heavy atom. The number of hydrogen-bond acceptors (Lipinski definition) is 6. The highest BCUT2D eigenvalue weighted by Crippen LogP contribution is 2.37. The van der Waals surface area contributed by atoms with Crippen molar-refractivity contribution < 1.29 is 32.0 Å². The van der Waals surface area contributed by atoms with Crippen molar-refractivity contribution in [2.45, 2.75) is 55.9 Å². The maximum absolute atomic E-state index is 12.4. The fourth-order valence-corrected chi connectivity index (χ4v) is 4.47. The van der Waals surface area contributed by atoms with E-state index in [0.29, 0.717) is 11.8 Å². The monoisotopic (exact) mass is 432 g/mol. The Morgan fingerprint density at radius 1 is 1.10 bits per heavy atom. The van der Waals surface area contributed by atoms with Gasteiger partial charge in [-0.05, 0) is 44.2 Å². The highest BCUT2D eigenvalue weighted by atomic mass is 32.2. The van der Waals surface area contributed by atoms with Gasteiger partial charge in [0, 0.05) is 16.3 Å². The van der Waals surface area contributed by atoms with Crippen LogP contribution in [0.4, 0.5) is 0 Å². The molecule has 0 amide bonds. The van der Waals surface area contributed by atoms with Crippen molar-refractivity contribution in [1.29, 1.82) is 0 Å². The van der Waals surface area contributed by atoms with Gasteiger partial charge < -0.3 is 9.47 Å². The van der Waals surface area contributed by atoms with E-state index in [9.17, 15) is 22.6 Å². The second kappa shape index (κ2) is 8.57. The van der Waals surface area contributed by atoms with E-state index in [2.05, 4.69) is 6.58 Å². The van der Waals surface area contributed by atoms with E-state index in [1.54, 1.807) is 18.2 Å². The van der Waals surface area contributed by atoms with E-state index < -0.39 is 27.7 Å². The summed E-state index contributed by atoms with van der Waals surface area (Å²) in [4.78, 5) is 24.5. The third-order valence-electron chi connectivity index (χ3n) is 5.46. The highest BCUT2D eigenvalue weighted by molar-refractivity contribution is 7.86. The van der Waals surface area contributed by atoms with Crippen LogP contribution >= 0.6 is 0 Å². The van der Waals surface area contributed by atoms with Crippen molar-refractivity contribution in [3.63, 3.8) is 0 Å². The Kier molecular flexibility index (Phi) is 6.28. The van der Waals surface area contributed by atoms with Crippen LogP contribution in [0.2, 0.25) is 0 Å². The molecule has 1 aliphatic rings. The van der Waals surface area contributed by atoms with Gasteiger partial charge in [0.15, 0.2) is 0 Å². The second-order valence-corrected chi connectivity index (χ2v) is 8.86. The van der Waals surface area contributed by atoms with Crippen LogP contribution in [0.15, 0.2) is 53.4 Å². The Morgan fingerprint density at radius 2 is 1.73 bits per heavy atom. The molecular formula is C22H24O7S. The van der Waals surface area contributed by atoms with Crippen molar-refractivity contribution in [3.8, 4) is 5.75 Å². The van der Waals surface area contributed by atoms with Crippen molar-refractivity contribution >= 4 is 32.8 Å². The number of esters is 2. The molecule has 1 fully saturated rings. The van der Waals surface area contributed by atoms with Gasteiger partial charge in [0.2, 0.25) is 0 Å². The van der Waals surface area contributed by atoms with E-state index >= 15 is 0 Å². The molecule has 1 aliphatic carbocycles. The summed E-state index contributed by atoms with van der Waals surface area (Å²) in [6, 6.07) is 8.77. The summed E-state index contributed by atoms with van der Waals surface area (Å²) in [6.45, 7) is 5.63. The number of rotatable bonds is 7. The van der Waals surface area contributed by atoms with Crippen molar-refractivity contribution in [2.24, 2.45) is 0 Å². The minimum absolute atomic E-state index is 0.00131. The first-order valence-electron chi connectivity index (χ1n) is 9.76. The molecule has 0 saturated heterocycles. The molecule has 0 unspecified atom stereocenters. The van der Waals surface area contributed by atoms with Crippen LogP contribution in [0, 0.1) is 0 Å². The van der Waals surface area contributed by atoms with Crippen LogP contribution < -0.4 is 4.74 Å². The summed E-state index contributed by atoms with van der Waals surface area (Å²) in [5.74, 6) is -1.22. The first kappa shape index (κ1) is 22.0. The summed E-state index contributed by atoms with van der Waals surface area (Å²) in [5, 5.41) is 0.555. The van der Waals surface area contributed by atoms with Crippen molar-refractivity contribution in [3.05, 3.63) is 48.6 Å². The zero-order chi connectivity index (χ0) is 21.9. The summed E-state index contributed by atoms with van der Waals surface area (Å²) >= 11 is 0. The van der Waals surface area contributed by atoms with Crippen molar-refractivity contribution in [2.75, 3.05) is 0 Å². The van der Waals surface area contributed by atoms with Gasteiger partial charge in [-0.15, -0.1) is 0 Å². The molecule has 0 atom stereocenters. The topological polar surface area (TPSA) is 107 Å². The van der Waals surface area contributed by atoms with Crippen LogP contribution in [0.25, 0.3) is 10.8 Å². The van der Waals surface area contributed by atoms with E-state index in [1.807, 2.05) is 6.92 Å². The average Bonchev–Trinajstić information content (AvgIpc) is 3.16. The molecule has 0 spiro atoms. The van der Waals surface area contributed by atoms with E-state index in [0.717, 1.165) is 31.7 Å². The third kappa shape index (κ3) is 4.71. The molecule has 0 bridgehead atoms. The fourth-order valence-electron chi connectivity index (χ4n) is 3.78. The van der Waals surface area contributed by atoms with Gasteiger partial charge >= 0.3 is 11.9 Å². The molecule has 2 aromatic rings. The number of carbonyl (C=O) groups excluding carboxylic acids is 2. The SMILES string of the molecule is C=C(CC(=O)Oc1ccc(S(=O)(=O)O)c2ccccc12)C(=O)OC1(CC)CCCC1. The molecule has 7 nitrogen and oxygen atoms in total. The second-order valence-electron chi connectivity index (χ2n) is 7.47. The molecule has 0 aromatic heterocycles. The number of benzene rings is 2. The minimum atomic E-state index is -4.44. The normalized spacial score (nSPS) is 15.7. The molecular weight excluding hydrogens is 408 g/mol. The maximum Gasteiger partial charge on any atom is 0.334 e. The third-order valence-corrected chi connectivity index (χ3v) is 6.37. The predicted octanol–water partition coefficient (Wildman–Crippen LogP) is 4.20. The lowest BCUT2D eigenvalue weighted by Crippen LogP contribution is -2.32. The minimum Gasteiger partial charge on any atom is -0.456 e. The van der Waals surface area contributed by atoms with Gasteiger partial charge in [-0.3, -0.25) is 9.35 Å². The van der Waals surface area contributed by atoms with E-state index in [-0.39, 0.29) is 28.0 Å². The lowest BCUT2D eigenvalue weighted by Gasteiger charge is -2.28. The van der Waals surface area contributed by atoms with Gasteiger partial charge in [0.25, 0.3) is 10.1 Å². The fraction of sp³-hybridized carbons (Fsp3) is 0.364. The lowest BCUT2D eigenvalue weighted by atomic mass is 9.98. The smallest absolute Gasteiger partial charge is 0.334 e. The van der Waals surface area contributed by atoms with Crippen LogP contribution in [-0.2, 0) is 24.4 Å². The first-order chi connectivity index (χ1) is 14.1. The number of carbonyl (C=O) groups is 2. The molecule has 30 heavy (non-hydrogen) atoms. The van der Waals surface area contributed by atoms with E-state index in [1.165, 1.54) is 12.1 Å². The van der Waals surface area contributed by atoms with Gasteiger partial charge in [-0.2, -0.15) is 8.42 Å². The molecule has 3 rings (SSSR count). The quantitative estimate of drug-likeness (QED) is 0.302. The molecule has 1 saturated carbocycles. The predicted molar refractivity (Wildman–Crippen MR) is 111 cm³/mol. The molecule has 2 aromatic carbocycles. The van der Waals surface area contributed by atoms with Crippen LogP contribution in [-0.4, -0.2) is 30.5 Å². The largest absolute Gasteiger partial charge is 0.456 e. The van der Waals surface area contributed by atoms with Gasteiger partial charge in [-0.1, -0.05) is 37.8 Å². The molecule has 160 valence electrons. The average molecular weight is 432 g/mol. The van der Waals surface area contributed by atoms with Crippen molar-refractivity contribution in [1.82, 2.24) is 0 Å². The summed E-state index contributed by atoms with van der Waals surface area (Å²) in [5.41, 5.74) is -0.482. The molecule has 8 heteroatoms. The molecule has 0 radical (unpaired) electrons. The standard InChI is InChI=1S/C22H24O7S/c1-3-22(12-6-7-13-22)29-21(24)15(2)14-20(23)28-18-10-11-19(30(25,26)27)17-9-5-4-8-16(17)18/h4-5,8-11H,2-3,6-7,12-14H2,1H3,(H,25,26,27). The number of ether oxygens (including phenoxy) is 2. The Hall–Kier alpha value is -2.71. The Balaban J connectivity index is 1.73. The van der Waals surface area contributed by atoms with E-state index in [4.69, 9.17) is 9.47 Å². The Labute approximate surface area is 175 Å². The molecule has 1 N–H and O–H groups in total. The van der Waals surface area contributed by atoms with Gasteiger partial charge in [0.05, 0.1) is 6.42 Å². The first-order valence-corrected chi connectivity index (χ1v) is 11.2. The number of fused-ring (bicyclic) bond motifs is 1. The maximum atomic E-state index is 12.4. The zero-order valence-electron chi connectivity index (χ0n) is 16.7. The highest BCUT2D eigenvalue weighted by Gasteiger charge is 2.36. The summed E-state index contributed by atoms with van der Waals surface area (Å²) in [7, 11) is -4.44. The Bertz CT molecular complexity index is 1100.